The summed E-state index contributed by atoms with van der Waals surface area (Å²) < 4.78 is 12.9. The van der Waals surface area contributed by atoms with Crippen molar-refractivity contribution in [2.24, 2.45) is 0 Å². The summed E-state index contributed by atoms with van der Waals surface area (Å²) in [5.74, 6) is 3.01. The fourth-order valence-electron chi connectivity index (χ4n) is 2.96. The van der Waals surface area contributed by atoms with Gasteiger partial charge in [-0.05, 0) is 31.2 Å². The molecule has 2 heterocycles. The molecule has 0 aliphatic heterocycles. The number of hydrogen-bond acceptors (Lipinski definition) is 7. The Morgan fingerprint density at radius 3 is 2.50 bits per heavy atom. The van der Waals surface area contributed by atoms with Gasteiger partial charge in [0, 0.05) is 17.2 Å². The Morgan fingerprint density at radius 2 is 1.80 bits per heavy atom. The highest BCUT2D eigenvalue weighted by molar-refractivity contribution is 7.99. The van der Waals surface area contributed by atoms with Gasteiger partial charge in [-0.15, -0.1) is 10.2 Å². The van der Waals surface area contributed by atoms with Crippen molar-refractivity contribution >= 4 is 11.8 Å². The smallest absolute Gasteiger partial charge is 0.239 e. The number of para-hydroxylation sites is 1. The number of rotatable bonds is 7. The van der Waals surface area contributed by atoms with Crippen molar-refractivity contribution in [3.63, 3.8) is 0 Å². The first kappa shape index (κ1) is 20.2. The maximum atomic E-state index is 5.47. The lowest BCUT2D eigenvalue weighted by molar-refractivity contribution is 0.373. The van der Waals surface area contributed by atoms with E-state index in [9.17, 15) is 0 Å². The van der Waals surface area contributed by atoms with Crippen LogP contribution in [0.5, 0.6) is 5.75 Å². The molecule has 0 aliphatic rings. The lowest BCUT2D eigenvalue weighted by atomic mass is 10.2. The van der Waals surface area contributed by atoms with Gasteiger partial charge in [0.1, 0.15) is 5.75 Å². The predicted octanol–water partition coefficient (Wildman–Crippen LogP) is 5.30. The monoisotopic (exact) mass is 421 g/mol. The Balaban J connectivity index is 1.73. The molecule has 30 heavy (non-hydrogen) atoms. The second-order valence-corrected chi connectivity index (χ2v) is 8.42. The molecule has 0 saturated heterocycles. The first-order valence-corrected chi connectivity index (χ1v) is 10.6. The molecule has 1 unspecified atom stereocenters. The summed E-state index contributed by atoms with van der Waals surface area (Å²) in [6.07, 6.45) is 0. The van der Waals surface area contributed by atoms with Gasteiger partial charge >= 0.3 is 0 Å². The topological polar surface area (TPSA) is 78.9 Å². The van der Waals surface area contributed by atoms with Crippen LogP contribution in [-0.2, 0) is 0 Å². The van der Waals surface area contributed by atoms with E-state index in [0.717, 1.165) is 28.0 Å². The van der Waals surface area contributed by atoms with E-state index in [-0.39, 0.29) is 11.2 Å². The zero-order chi connectivity index (χ0) is 21.1. The van der Waals surface area contributed by atoms with Crippen molar-refractivity contribution in [3.05, 3.63) is 66.3 Å². The van der Waals surface area contributed by atoms with Gasteiger partial charge in [-0.3, -0.25) is 4.57 Å². The maximum absolute atomic E-state index is 5.47. The van der Waals surface area contributed by atoms with Crippen molar-refractivity contribution in [2.45, 2.75) is 37.1 Å². The standard InChI is InChI=1S/C22H23N5O2S/c1-14(2)19-23-21(29-26-19)15(3)30-22-25-24-20(16-9-8-12-18(13-16)28-4)27(22)17-10-6-5-7-11-17/h5-15H,1-4H3. The first-order valence-electron chi connectivity index (χ1n) is 9.72. The molecule has 0 radical (unpaired) electrons. The second kappa shape index (κ2) is 8.71. The molecule has 0 N–H and O–H groups in total. The van der Waals surface area contributed by atoms with Crippen molar-refractivity contribution < 1.29 is 9.26 Å². The van der Waals surface area contributed by atoms with Crippen LogP contribution in [0.15, 0.2) is 64.3 Å². The SMILES string of the molecule is COc1cccc(-c2nnc(SC(C)c3nc(C(C)C)no3)n2-c2ccccc2)c1. The number of methoxy groups -OCH3 is 1. The zero-order valence-electron chi connectivity index (χ0n) is 17.3. The minimum absolute atomic E-state index is 0.0742. The molecule has 0 aliphatic carbocycles. The summed E-state index contributed by atoms with van der Waals surface area (Å²) in [5.41, 5.74) is 1.90. The number of thioether (sulfide) groups is 1. The average molecular weight is 422 g/mol. The number of ether oxygens (including phenoxy) is 1. The molecule has 0 saturated carbocycles. The molecular formula is C22H23N5O2S. The van der Waals surface area contributed by atoms with E-state index in [1.165, 1.54) is 11.8 Å². The molecular weight excluding hydrogens is 398 g/mol. The van der Waals surface area contributed by atoms with Crippen molar-refractivity contribution in [2.75, 3.05) is 7.11 Å². The van der Waals surface area contributed by atoms with E-state index in [1.807, 2.05) is 79.9 Å². The summed E-state index contributed by atoms with van der Waals surface area (Å²) in [5, 5.41) is 13.7. The van der Waals surface area contributed by atoms with E-state index in [2.05, 4.69) is 20.3 Å². The third-order valence-corrected chi connectivity index (χ3v) is 5.61. The first-order chi connectivity index (χ1) is 14.6. The highest BCUT2D eigenvalue weighted by Crippen LogP contribution is 2.37. The molecule has 4 rings (SSSR count). The van der Waals surface area contributed by atoms with Gasteiger partial charge in [-0.1, -0.05) is 61.1 Å². The molecule has 0 spiro atoms. The Labute approximate surface area is 179 Å². The Hall–Kier alpha value is -3.13. The quantitative estimate of drug-likeness (QED) is 0.375. The van der Waals surface area contributed by atoms with Gasteiger partial charge < -0.3 is 9.26 Å². The van der Waals surface area contributed by atoms with E-state index in [4.69, 9.17) is 9.26 Å². The molecule has 7 nitrogen and oxygen atoms in total. The van der Waals surface area contributed by atoms with Crippen LogP contribution >= 0.6 is 11.8 Å². The summed E-state index contributed by atoms with van der Waals surface area (Å²) in [4.78, 5) is 4.52. The van der Waals surface area contributed by atoms with Gasteiger partial charge in [0.25, 0.3) is 0 Å². The molecule has 0 fully saturated rings. The Kier molecular flexibility index (Phi) is 5.85. The van der Waals surface area contributed by atoms with Crippen LogP contribution in [0.1, 0.15) is 43.7 Å². The van der Waals surface area contributed by atoms with Gasteiger partial charge in [0.2, 0.25) is 5.89 Å². The normalized spacial score (nSPS) is 12.3. The number of hydrogen-bond donors (Lipinski definition) is 0. The van der Waals surface area contributed by atoms with E-state index >= 15 is 0 Å². The fraction of sp³-hybridized carbons (Fsp3) is 0.273. The van der Waals surface area contributed by atoms with Crippen LogP contribution in [0, 0.1) is 0 Å². The average Bonchev–Trinajstić information content (AvgIpc) is 3.42. The van der Waals surface area contributed by atoms with Crippen LogP contribution in [0.2, 0.25) is 0 Å². The van der Waals surface area contributed by atoms with Crippen molar-refractivity contribution in [3.8, 4) is 22.8 Å². The van der Waals surface area contributed by atoms with Crippen LogP contribution in [0.25, 0.3) is 17.1 Å². The predicted molar refractivity (Wildman–Crippen MR) is 116 cm³/mol. The molecule has 0 amide bonds. The Morgan fingerprint density at radius 1 is 1.00 bits per heavy atom. The summed E-state index contributed by atoms with van der Waals surface area (Å²) in [6.45, 7) is 6.11. The molecule has 154 valence electrons. The van der Waals surface area contributed by atoms with Gasteiger partial charge in [-0.2, -0.15) is 4.98 Å². The van der Waals surface area contributed by atoms with Gasteiger partial charge in [0.15, 0.2) is 16.8 Å². The number of benzene rings is 2. The van der Waals surface area contributed by atoms with Crippen LogP contribution in [0.4, 0.5) is 0 Å². The third kappa shape index (κ3) is 4.09. The van der Waals surface area contributed by atoms with Gasteiger partial charge in [-0.25, -0.2) is 0 Å². The molecule has 8 heteroatoms. The molecule has 0 bridgehead atoms. The summed E-state index contributed by atoms with van der Waals surface area (Å²) in [6, 6.07) is 17.8. The van der Waals surface area contributed by atoms with Crippen LogP contribution in [0.3, 0.4) is 0 Å². The Bertz CT molecular complexity index is 1120. The van der Waals surface area contributed by atoms with Crippen LogP contribution in [-0.4, -0.2) is 32.0 Å². The van der Waals surface area contributed by atoms with Crippen molar-refractivity contribution in [1.82, 2.24) is 24.9 Å². The molecule has 4 aromatic rings. The van der Waals surface area contributed by atoms with Crippen LogP contribution < -0.4 is 4.74 Å². The molecule has 1 atom stereocenters. The lowest BCUT2D eigenvalue weighted by Crippen LogP contribution is -2.01. The highest BCUT2D eigenvalue weighted by Gasteiger charge is 2.23. The fourth-order valence-corrected chi connectivity index (χ4v) is 3.86. The van der Waals surface area contributed by atoms with Crippen molar-refractivity contribution in [1.29, 1.82) is 0 Å². The summed E-state index contributed by atoms with van der Waals surface area (Å²) >= 11 is 1.53. The van der Waals surface area contributed by atoms with E-state index in [1.54, 1.807) is 7.11 Å². The maximum Gasteiger partial charge on any atom is 0.239 e. The largest absolute Gasteiger partial charge is 0.497 e. The minimum Gasteiger partial charge on any atom is -0.497 e. The van der Waals surface area contributed by atoms with E-state index < -0.39 is 0 Å². The summed E-state index contributed by atoms with van der Waals surface area (Å²) in [7, 11) is 1.65. The second-order valence-electron chi connectivity index (χ2n) is 7.11. The van der Waals surface area contributed by atoms with Gasteiger partial charge in [0.05, 0.1) is 12.4 Å². The molecule has 2 aromatic carbocycles. The number of nitrogens with zero attached hydrogens (tertiary/aromatic N) is 5. The zero-order valence-corrected chi connectivity index (χ0v) is 18.1. The number of aromatic nitrogens is 5. The third-order valence-electron chi connectivity index (χ3n) is 4.58. The highest BCUT2D eigenvalue weighted by atomic mass is 32.2. The minimum atomic E-state index is -0.0742. The molecule has 2 aromatic heterocycles. The lowest BCUT2D eigenvalue weighted by Gasteiger charge is -2.12. The van der Waals surface area contributed by atoms with E-state index in [0.29, 0.717) is 11.7 Å².